The summed E-state index contributed by atoms with van der Waals surface area (Å²) in [5.74, 6) is -1.75. The largest absolute Gasteiger partial charge is 0.481 e. The molecule has 1 atom stereocenters. The number of aromatic nitrogens is 1. The molecule has 1 aliphatic rings. The van der Waals surface area contributed by atoms with Crippen molar-refractivity contribution >= 4 is 33.0 Å². The number of hydrogen-bond donors (Lipinski definition) is 3. The van der Waals surface area contributed by atoms with Gasteiger partial charge in [-0.15, -0.1) is 0 Å². The summed E-state index contributed by atoms with van der Waals surface area (Å²) in [6.45, 7) is 2.15. The van der Waals surface area contributed by atoms with Crippen molar-refractivity contribution < 1.29 is 32.3 Å². The number of carboxylic acid groups (broad SMARTS) is 1. The van der Waals surface area contributed by atoms with Gasteiger partial charge in [0.2, 0.25) is 15.7 Å². The van der Waals surface area contributed by atoms with Gasteiger partial charge >= 0.3 is 5.97 Å². The summed E-state index contributed by atoms with van der Waals surface area (Å²) in [6.07, 6.45) is 2.48. The van der Waals surface area contributed by atoms with Gasteiger partial charge in [0.1, 0.15) is 11.5 Å². The Labute approximate surface area is 221 Å². The highest BCUT2D eigenvalue weighted by Gasteiger charge is 2.32. The number of furan rings is 1. The average molecular weight is 544 g/mol. The summed E-state index contributed by atoms with van der Waals surface area (Å²) in [7, 11) is -0.773. The second-order valence-electron chi connectivity index (χ2n) is 9.69. The summed E-state index contributed by atoms with van der Waals surface area (Å²) in [5, 5.41) is 12.5. The van der Waals surface area contributed by atoms with Crippen LogP contribution >= 0.6 is 0 Å². The van der Waals surface area contributed by atoms with Gasteiger partial charge in [0.05, 0.1) is 29.2 Å². The first-order valence-electron chi connectivity index (χ1n) is 12.6. The zero-order valence-corrected chi connectivity index (χ0v) is 22.6. The standard InChI is InChI=1S/C27H33N3O7S/c1-16-6-8-18(9-7-16)24-23(25(31)28-2)21-13-20(17-10-11-17)22(30-26(21)37-24)15-38(34,35)29-12-4-5-19(14-36-3)27(32)33/h6-9,13,17,19,29H,4-5,10-12,14-15H2,1-3H3,(H,28,31)(H,32,33)/t19-/m1/s1. The molecule has 3 aromatic rings. The van der Waals surface area contributed by atoms with E-state index in [0.29, 0.717) is 35.2 Å². The van der Waals surface area contributed by atoms with E-state index in [2.05, 4.69) is 15.0 Å². The van der Waals surface area contributed by atoms with Gasteiger partial charge in [-0.05, 0) is 50.2 Å². The molecule has 2 aromatic heterocycles. The maximum Gasteiger partial charge on any atom is 0.308 e. The highest BCUT2D eigenvalue weighted by atomic mass is 32.2. The van der Waals surface area contributed by atoms with Gasteiger partial charge in [0, 0.05) is 26.3 Å². The number of nitrogens with zero attached hydrogens (tertiary/aromatic N) is 1. The van der Waals surface area contributed by atoms with Crippen molar-refractivity contribution in [1.82, 2.24) is 15.0 Å². The maximum atomic E-state index is 12.9. The number of carbonyl (C=O) groups is 2. The second kappa shape index (κ2) is 11.6. The Bertz CT molecular complexity index is 1430. The summed E-state index contributed by atoms with van der Waals surface area (Å²) in [4.78, 5) is 28.8. The zero-order valence-electron chi connectivity index (χ0n) is 21.7. The number of hydrogen-bond acceptors (Lipinski definition) is 7. The summed E-state index contributed by atoms with van der Waals surface area (Å²) in [6, 6.07) is 9.45. The van der Waals surface area contributed by atoms with Crippen LogP contribution in [0.1, 0.15) is 58.8 Å². The molecule has 1 saturated carbocycles. The normalized spacial score (nSPS) is 14.5. The molecule has 1 aromatic carbocycles. The number of methoxy groups -OCH3 is 1. The van der Waals surface area contributed by atoms with Gasteiger partial charge in [0.15, 0.2) is 0 Å². The number of ether oxygens (including phenoxy) is 1. The third-order valence-electron chi connectivity index (χ3n) is 6.68. The van der Waals surface area contributed by atoms with Crippen molar-refractivity contribution in [3.63, 3.8) is 0 Å². The highest BCUT2D eigenvalue weighted by molar-refractivity contribution is 7.88. The van der Waals surface area contributed by atoms with Crippen LogP contribution in [0.3, 0.4) is 0 Å². The van der Waals surface area contributed by atoms with Crippen LogP contribution in [0.25, 0.3) is 22.4 Å². The Morgan fingerprint density at radius 3 is 2.55 bits per heavy atom. The Morgan fingerprint density at radius 2 is 1.95 bits per heavy atom. The summed E-state index contributed by atoms with van der Waals surface area (Å²) < 4.78 is 39.4. The molecule has 4 rings (SSSR count). The van der Waals surface area contributed by atoms with Gasteiger partial charge in [-0.25, -0.2) is 18.1 Å². The molecule has 2 heterocycles. The molecule has 38 heavy (non-hydrogen) atoms. The third-order valence-corrected chi connectivity index (χ3v) is 7.97. The Hall–Kier alpha value is -3.28. The number of nitrogens with one attached hydrogen (secondary N) is 2. The van der Waals surface area contributed by atoms with Crippen LogP contribution in [0.4, 0.5) is 0 Å². The molecule has 10 nitrogen and oxygen atoms in total. The van der Waals surface area contributed by atoms with Crippen molar-refractivity contribution in [2.45, 2.75) is 44.3 Å². The molecule has 0 aliphatic heterocycles. The molecule has 1 amide bonds. The van der Waals surface area contributed by atoms with Crippen molar-refractivity contribution in [3.8, 4) is 11.3 Å². The van der Waals surface area contributed by atoms with Crippen LogP contribution < -0.4 is 10.0 Å². The number of aryl methyl sites for hydroxylation is 1. The van der Waals surface area contributed by atoms with Crippen molar-refractivity contribution in [1.29, 1.82) is 0 Å². The lowest BCUT2D eigenvalue weighted by molar-refractivity contribution is -0.143. The lowest BCUT2D eigenvalue weighted by Gasteiger charge is -2.12. The van der Waals surface area contributed by atoms with Gasteiger partial charge in [0.25, 0.3) is 5.91 Å². The van der Waals surface area contributed by atoms with E-state index in [4.69, 9.17) is 9.15 Å². The predicted octanol–water partition coefficient (Wildman–Crippen LogP) is 3.59. The number of sulfonamides is 1. The van der Waals surface area contributed by atoms with Crippen LogP contribution in [0.5, 0.6) is 0 Å². The third kappa shape index (κ3) is 6.40. The fourth-order valence-electron chi connectivity index (χ4n) is 4.48. The van der Waals surface area contributed by atoms with Gasteiger partial charge in [-0.2, -0.15) is 0 Å². The van der Waals surface area contributed by atoms with Crippen molar-refractivity contribution in [2.24, 2.45) is 5.92 Å². The molecular formula is C27H33N3O7S. The molecule has 0 radical (unpaired) electrons. The van der Waals surface area contributed by atoms with Crippen LogP contribution in [0.15, 0.2) is 34.7 Å². The monoisotopic (exact) mass is 543 g/mol. The maximum absolute atomic E-state index is 12.9. The average Bonchev–Trinajstić information content (AvgIpc) is 3.65. The molecule has 0 bridgehead atoms. The SMILES string of the molecule is CNC(=O)c1c(-c2ccc(C)cc2)oc2nc(CS(=O)(=O)NCCC[C@H](COC)C(=O)O)c(C3CC3)cc12. The molecular weight excluding hydrogens is 510 g/mol. The Balaban J connectivity index is 1.61. The first kappa shape index (κ1) is 27.7. The van der Waals surface area contributed by atoms with E-state index in [-0.39, 0.29) is 36.4 Å². The minimum atomic E-state index is -3.76. The fraction of sp³-hybridized carbons (Fsp3) is 0.444. The molecule has 3 N–H and O–H groups in total. The molecule has 0 spiro atoms. The number of aliphatic carboxylic acids is 1. The molecule has 0 unspecified atom stereocenters. The Kier molecular flexibility index (Phi) is 8.49. The Morgan fingerprint density at radius 1 is 1.24 bits per heavy atom. The number of rotatable bonds is 13. The summed E-state index contributed by atoms with van der Waals surface area (Å²) in [5.41, 5.74) is 3.56. The van der Waals surface area contributed by atoms with E-state index < -0.39 is 21.9 Å². The number of amides is 1. The minimum Gasteiger partial charge on any atom is -0.481 e. The van der Waals surface area contributed by atoms with Gasteiger partial charge < -0.3 is 19.6 Å². The van der Waals surface area contributed by atoms with E-state index in [1.807, 2.05) is 37.3 Å². The fourth-order valence-corrected chi connectivity index (χ4v) is 5.63. The van der Waals surface area contributed by atoms with E-state index in [9.17, 15) is 23.1 Å². The van der Waals surface area contributed by atoms with Crippen LogP contribution in [0.2, 0.25) is 0 Å². The quantitative estimate of drug-likeness (QED) is 0.277. The van der Waals surface area contributed by atoms with Crippen molar-refractivity contribution in [2.75, 3.05) is 27.3 Å². The smallest absolute Gasteiger partial charge is 0.308 e. The van der Waals surface area contributed by atoms with E-state index in [1.54, 1.807) is 7.05 Å². The zero-order chi connectivity index (χ0) is 27.4. The minimum absolute atomic E-state index is 0.0720. The van der Waals surface area contributed by atoms with Crippen molar-refractivity contribution in [3.05, 3.63) is 52.7 Å². The predicted molar refractivity (Wildman–Crippen MR) is 142 cm³/mol. The summed E-state index contributed by atoms with van der Waals surface area (Å²) >= 11 is 0. The topological polar surface area (TPSA) is 148 Å². The first-order valence-corrected chi connectivity index (χ1v) is 14.2. The van der Waals surface area contributed by atoms with Crippen LogP contribution in [0, 0.1) is 12.8 Å². The van der Waals surface area contributed by atoms with E-state index in [1.165, 1.54) is 7.11 Å². The van der Waals surface area contributed by atoms with E-state index >= 15 is 0 Å². The highest BCUT2D eigenvalue weighted by Crippen LogP contribution is 2.44. The van der Waals surface area contributed by atoms with Gasteiger partial charge in [-0.3, -0.25) is 9.59 Å². The number of carbonyl (C=O) groups excluding carboxylic acids is 1. The molecule has 204 valence electrons. The van der Waals surface area contributed by atoms with Gasteiger partial charge in [-0.1, -0.05) is 29.8 Å². The van der Waals surface area contributed by atoms with Crippen LogP contribution in [-0.4, -0.2) is 57.7 Å². The number of carboxylic acids is 1. The molecule has 11 heteroatoms. The molecule has 0 saturated heterocycles. The van der Waals surface area contributed by atoms with Crippen LogP contribution in [-0.2, 0) is 25.3 Å². The second-order valence-corrected chi connectivity index (χ2v) is 11.5. The lowest BCUT2D eigenvalue weighted by atomic mass is 10.0. The lowest BCUT2D eigenvalue weighted by Crippen LogP contribution is -2.28. The number of fused-ring (bicyclic) bond motifs is 1. The molecule has 1 aliphatic carbocycles. The number of pyridine rings is 1. The molecule has 1 fully saturated rings. The van der Waals surface area contributed by atoms with E-state index in [0.717, 1.165) is 29.5 Å². The number of benzene rings is 1. The first-order chi connectivity index (χ1) is 18.1.